The molecule has 17 heavy (non-hydrogen) atoms. The van der Waals surface area contributed by atoms with E-state index in [9.17, 15) is 5.11 Å². The van der Waals surface area contributed by atoms with Gasteiger partial charge in [-0.1, -0.05) is 42.5 Å². The molecule has 2 atom stereocenters. The minimum Gasteiger partial charge on any atom is -0.386 e. The Morgan fingerprint density at radius 3 is 2.88 bits per heavy atom. The molecule has 0 saturated heterocycles. The lowest BCUT2D eigenvalue weighted by atomic mass is 9.91. The first-order valence-corrected chi connectivity index (χ1v) is 5.81. The van der Waals surface area contributed by atoms with Gasteiger partial charge in [0.25, 0.3) is 0 Å². The maximum Gasteiger partial charge on any atom is 0.112 e. The topological polar surface area (TPSA) is 29.5 Å². The summed E-state index contributed by atoms with van der Waals surface area (Å²) >= 11 is 0. The summed E-state index contributed by atoms with van der Waals surface area (Å²) in [6.07, 6.45) is 0.852. The van der Waals surface area contributed by atoms with Crippen LogP contribution in [0.25, 0.3) is 5.57 Å². The molecule has 0 fully saturated rings. The van der Waals surface area contributed by atoms with E-state index in [1.165, 1.54) is 0 Å². The summed E-state index contributed by atoms with van der Waals surface area (Å²) in [5, 5.41) is 10.1. The molecule has 0 amide bonds. The van der Waals surface area contributed by atoms with Crippen LogP contribution in [0.2, 0.25) is 0 Å². The fourth-order valence-corrected chi connectivity index (χ4v) is 2.13. The van der Waals surface area contributed by atoms with Crippen molar-refractivity contribution in [1.82, 2.24) is 0 Å². The van der Waals surface area contributed by atoms with Crippen LogP contribution in [-0.2, 0) is 11.3 Å². The van der Waals surface area contributed by atoms with Crippen LogP contribution >= 0.6 is 0 Å². The highest BCUT2D eigenvalue weighted by molar-refractivity contribution is 5.71. The highest BCUT2D eigenvalue weighted by atomic mass is 16.5. The molecule has 2 rings (SSSR count). The van der Waals surface area contributed by atoms with E-state index in [1.807, 2.05) is 44.2 Å². The number of allylic oxidation sites excluding steroid dienone is 1. The Balaban J connectivity index is 2.26. The molecule has 0 aliphatic carbocycles. The zero-order valence-corrected chi connectivity index (χ0v) is 10.3. The first-order valence-electron chi connectivity index (χ1n) is 5.81. The summed E-state index contributed by atoms with van der Waals surface area (Å²) in [5.41, 5.74) is 4.17. The Bertz CT molecular complexity index is 456. The Morgan fingerprint density at radius 1 is 1.47 bits per heavy atom. The fraction of sp³-hybridized carbons (Fsp3) is 0.333. The second-order valence-corrected chi connectivity index (χ2v) is 4.65. The first-order chi connectivity index (χ1) is 8.09. The van der Waals surface area contributed by atoms with Crippen LogP contribution in [0.3, 0.4) is 0 Å². The van der Waals surface area contributed by atoms with Crippen molar-refractivity contribution in [3.8, 4) is 0 Å². The second-order valence-electron chi connectivity index (χ2n) is 4.65. The van der Waals surface area contributed by atoms with Crippen LogP contribution < -0.4 is 0 Å². The van der Waals surface area contributed by atoms with Gasteiger partial charge in [-0.15, -0.1) is 0 Å². The van der Waals surface area contributed by atoms with Gasteiger partial charge in [0.15, 0.2) is 0 Å². The smallest absolute Gasteiger partial charge is 0.112 e. The summed E-state index contributed by atoms with van der Waals surface area (Å²) in [4.78, 5) is 0. The minimum absolute atomic E-state index is 0.334. The lowest BCUT2D eigenvalue weighted by Crippen LogP contribution is -2.31. The molecule has 2 unspecified atom stereocenters. The van der Waals surface area contributed by atoms with Gasteiger partial charge in [-0.25, -0.2) is 0 Å². The second kappa shape index (κ2) is 4.86. The van der Waals surface area contributed by atoms with Crippen molar-refractivity contribution in [2.45, 2.75) is 32.7 Å². The third kappa shape index (κ3) is 2.48. The number of fused-ring (bicyclic) bond motifs is 1. The molecule has 0 spiro atoms. The van der Waals surface area contributed by atoms with Gasteiger partial charge in [-0.05, 0) is 30.5 Å². The van der Waals surface area contributed by atoms with Gasteiger partial charge in [-0.3, -0.25) is 0 Å². The van der Waals surface area contributed by atoms with Gasteiger partial charge < -0.3 is 9.84 Å². The quantitative estimate of drug-likeness (QED) is 0.791. The molecule has 1 aliphatic heterocycles. The van der Waals surface area contributed by atoms with Crippen LogP contribution in [0.15, 0.2) is 42.5 Å². The summed E-state index contributed by atoms with van der Waals surface area (Å²) in [6.45, 7) is 8.51. The number of rotatable bonds is 2. The molecule has 2 heteroatoms. The molecule has 0 saturated carbocycles. The maximum absolute atomic E-state index is 10.1. The third-order valence-electron chi connectivity index (χ3n) is 2.94. The monoisotopic (exact) mass is 230 g/mol. The van der Waals surface area contributed by atoms with Gasteiger partial charge in [0.2, 0.25) is 0 Å². The van der Waals surface area contributed by atoms with E-state index in [4.69, 9.17) is 4.74 Å². The summed E-state index contributed by atoms with van der Waals surface area (Å²) in [6, 6.07) is 8.04. The van der Waals surface area contributed by atoms with Gasteiger partial charge >= 0.3 is 0 Å². The molecule has 0 bridgehead atoms. The van der Waals surface area contributed by atoms with Gasteiger partial charge in [-0.2, -0.15) is 0 Å². The van der Waals surface area contributed by atoms with Gasteiger partial charge in [0.05, 0.1) is 6.61 Å². The van der Waals surface area contributed by atoms with Crippen LogP contribution in [-0.4, -0.2) is 17.3 Å². The first kappa shape index (κ1) is 12.1. The Labute approximate surface area is 102 Å². The van der Waals surface area contributed by atoms with Crippen molar-refractivity contribution >= 4 is 5.57 Å². The Kier molecular flexibility index (Phi) is 3.46. The summed E-state index contributed by atoms with van der Waals surface area (Å²) < 4.78 is 5.69. The number of hydrogen-bond donors (Lipinski definition) is 1. The van der Waals surface area contributed by atoms with Crippen molar-refractivity contribution in [3.05, 3.63) is 53.6 Å². The fourth-order valence-electron chi connectivity index (χ4n) is 2.13. The summed E-state index contributed by atoms with van der Waals surface area (Å²) in [5.74, 6) is 0. The van der Waals surface area contributed by atoms with Crippen LogP contribution in [0.4, 0.5) is 0 Å². The largest absolute Gasteiger partial charge is 0.386 e. The van der Waals surface area contributed by atoms with E-state index in [0.717, 1.165) is 22.3 Å². The van der Waals surface area contributed by atoms with Gasteiger partial charge in [0.1, 0.15) is 12.2 Å². The number of benzene rings is 1. The van der Waals surface area contributed by atoms with Crippen molar-refractivity contribution in [1.29, 1.82) is 0 Å². The van der Waals surface area contributed by atoms with Crippen LogP contribution in [0.5, 0.6) is 0 Å². The lowest BCUT2D eigenvalue weighted by Gasteiger charge is -2.30. The molecular weight excluding hydrogens is 212 g/mol. The van der Waals surface area contributed by atoms with Gasteiger partial charge in [0, 0.05) is 0 Å². The number of aliphatic hydroxyl groups excluding tert-OH is 1. The van der Waals surface area contributed by atoms with Crippen LogP contribution in [0.1, 0.15) is 25.0 Å². The molecule has 1 aliphatic rings. The van der Waals surface area contributed by atoms with E-state index in [1.54, 1.807) is 0 Å². The van der Waals surface area contributed by atoms with Crippen LogP contribution in [0, 0.1) is 0 Å². The lowest BCUT2D eigenvalue weighted by molar-refractivity contribution is 0.00257. The SMILES string of the molecule is C=C1c2ccccc2COC1C(O)C=C(C)C. The van der Waals surface area contributed by atoms with E-state index in [2.05, 4.69) is 6.58 Å². The molecule has 0 aromatic heterocycles. The normalized spacial score (nSPS) is 20.6. The molecular formula is C15H18O2. The van der Waals surface area contributed by atoms with Crippen molar-refractivity contribution in [2.24, 2.45) is 0 Å². The standard InChI is InChI=1S/C15H18O2/c1-10(2)8-14(16)15-11(3)13-7-5-4-6-12(13)9-17-15/h4-8,14-16H,3,9H2,1-2H3. The predicted molar refractivity (Wildman–Crippen MR) is 69.5 cm³/mol. The number of hydrogen-bond acceptors (Lipinski definition) is 2. The summed E-state index contributed by atoms with van der Waals surface area (Å²) in [7, 11) is 0. The maximum atomic E-state index is 10.1. The van der Waals surface area contributed by atoms with Crippen molar-refractivity contribution < 1.29 is 9.84 Å². The zero-order valence-electron chi connectivity index (χ0n) is 10.3. The van der Waals surface area contributed by atoms with Crippen molar-refractivity contribution in [3.63, 3.8) is 0 Å². The Morgan fingerprint density at radius 2 is 2.18 bits per heavy atom. The number of ether oxygens (including phenoxy) is 1. The van der Waals surface area contributed by atoms with E-state index < -0.39 is 6.10 Å². The zero-order chi connectivity index (χ0) is 12.4. The predicted octanol–water partition coefficient (Wildman–Crippen LogP) is 2.93. The van der Waals surface area contributed by atoms with E-state index in [-0.39, 0.29) is 6.10 Å². The molecule has 90 valence electrons. The molecule has 1 heterocycles. The molecule has 1 N–H and O–H groups in total. The highest BCUT2D eigenvalue weighted by Crippen LogP contribution is 2.31. The van der Waals surface area contributed by atoms with E-state index in [0.29, 0.717) is 6.61 Å². The van der Waals surface area contributed by atoms with Crippen molar-refractivity contribution in [2.75, 3.05) is 0 Å². The van der Waals surface area contributed by atoms with E-state index >= 15 is 0 Å². The highest BCUT2D eigenvalue weighted by Gasteiger charge is 2.27. The molecule has 0 radical (unpaired) electrons. The minimum atomic E-state index is -0.624. The number of aliphatic hydroxyl groups is 1. The molecule has 1 aromatic rings. The molecule has 2 nitrogen and oxygen atoms in total. The average molecular weight is 230 g/mol. The molecule has 1 aromatic carbocycles. The Hall–Kier alpha value is -1.38. The third-order valence-corrected chi connectivity index (χ3v) is 2.94. The average Bonchev–Trinajstić information content (AvgIpc) is 2.28.